The Kier molecular flexibility index (Phi) is 3.82. The number of anilines is 1. The van der Waals surface area contributed by atoms with Crippen molar-refractivity contribution in [2.75, 3.05) is 5.73 Å². The van der Waals surface area contributed by atoms with E-state index in [1.807, 2.05) is 6.07 Å². The molecular weight excluding hydrogens is 280 g/mol. The van der Waals surface area contributed by atoms with Crippen molar-refractivity contribution in [2.24, 2.45) is 0 Å². The van der Waals surface area contributed by atoms with E-state index in [1.165, 1.54) is 17.8 Å². The van der Waals surface area contributed by atoms with E-state index in [1.54, 1.807) is 24.3 Å². The molecule has 0 radical (unpaired) electrons. The van der Waals surface area contributed by atoms with E-state index in [-0.39, 0.29) is 5.69 Å². The zero-order valence-corrected chi connectivity index (χ0v) is 10.9. The molecule has 2 N–H and O–H groups in total. The van der Waals surface area contributed by atoms with Crippen molar-refractivity contribution in [1.82, 2.24) is 0 Å². The molecule has 0 saturated heterocycles. The van der Waals surface area contributed by atoms with Crippen LogP contribution in [0.4, 0.5) is 10.1 Å². The summed E-state index contributed by atoms with van der Waals surface area (Å²) in [5, 5.41) is 0.954. The highest BCUT2D eigenvalue weighted by Gasteiger charge is 2.07. The van der Waals surface area contributed by atoms with Gasteiger partial charge >= 0.3 is 0 Å². The summed E-state index contributed by atoms with van der Waals surface area (Å²) in [6.07, 6.45) is 0. The van der Waals surface area contributed by atoms with E-state index >= 15 is 0 Å². The number of hydrogen-bond donors (Lipinski definition) is 1. The third-order valence-corrected chi connectivity index (χ3v) is 3.94. The monoisotopic (exact) mass is 287 g/mol. The molecule has 0 heterocycles. The lowest BCUT2D eigenvalue weighted by Gasteiger charge is -2.06. The Morgan fingerprint density at radius 2 is 1.82 bits per heavy atom. The van der Waals surface area contributed by atoms with E-state index in [0.29, 0.717) is 14.9 Å². The molecule has 0 aliphatic heterocycles. The fraction of sp³-hybridized carbons (Fsp3) is 0. The molecule has 17 heavy (non-hydrogen) atoms. The Bertz CT molecular complexity index is 560. The zero-order chi connectivity index (χ0) is 12.4. The van der Waals surface area contributed by atoms with E-state index in [4.69, 9.17) is 28.9 Å². The number of halogens is 3. The Balaban J connectivity index is 2.31. The van der Waals surface area contributed by atoms with Crippen LogP contribution in [0, 0.1) is 5.82 Å². The molecule has 5 heteroatoms. The molecule has 88 valence electrons. The molecule has 0 unspecified atom stereocenters. The topological polar surface area (TPSA) is 26.0 Å². The first-order valence-electron chi connectivity index (χ1n) is 4.75. The van der Waals surface area contributed by atoms with Gasteiger partial charge in [-0.3, -0.25) is 0 Å². The fourth-order valence-electron chi connectivity index (χ4n) is 1.27. The van der Waals surface area contributed by atoms with Crippen molar-refractivity contribution in [3.05, 3.63) is 52.3 Å². The minimum absolute atomic E-state index is 0.142. The van der Waals surface area contributed by atoms with E-state index in [9.17, 15) is 4.39 Å². The highest BCUT2D eigenvalue weighted by atomic mass is 35.5. The molecule has 0 spiro atoms. The quantitative estimate of drug-likeness (QED) is 0.798. The molecule has 2 aromatic rings. The smallest absolute Gasteiger partial charge is 0.147 e. The lowest BCUT2D eigenvalue weighted by atomic mass is 10.3. The maximum Gasteiger partial charge on any atom is 0.147 e. The van der Waals surface area contributed by atoms with Crippen LogP contribution < -0.4 is 5.73 Å². The maximum atomic E-state index is 13.2. The summed E-state index contributed by atoms with van der Waals surface area (Å²) in [5.74, 6) is -0.421. The second-order valence-electron chi connectivity index (χ2n) is 3.33. The summed E-state index contributed by atoms with van der Waals surface area (Å²) in [4.78, 5) is 1.51. The summed E-state index contributed by atoms with van der Waals surface area (Å²) >= 11 is 13.1. The van der Waals surface area contributed by atoms with Crippen molar-refractivity contribution in [3.63, 3.8) is 0 Å². The van der Waals surface area contributed by atoms with Gasteiger partial charge in [0, 0.05) is 9.79 Å². The minimum Gasteiger partial charge on any atom is -0.395 e. The summed E-state index contributed by atoms with van der Waals surface area (Å²) in [6, 6.07) is 9.93. The fourth-order valence-corrected chi connectivity index (χ4v) is 2.56. The molecular formula is C12H8Cl2FNS. The minimum atomic E-state index is -0.421. The molecule has 2 rings (SSSR count). The molecule has 2 aromatic carbocycles. The van der Waals surface area contributed by atoms with Gasteiger partial charge in [0.2, 0.25) is 0 Å². The van der Waals surface area contributed by atoms with Crippen molar-refractivity contribution >= 4 is 40.7 Å². The molecule has 0 bridgehead atoms. The first kappa shape index (κ1) is 12.6. The predicted molar refractivity (Wildman–Crippen MR) is 71.4 cm³/mol. The molecule has 0 atom stereocenters. The largest absolute Gasteiger partial charge is 0.395 e. The predicted octanol–water partition coefficient (Wildman–Crippen LogP) is 4.87. The number of rotatable bonds is 2. The van der Waals surface area contributed by atoms with Gasteiger partial charge in [0.05, 0.1) is 15.7 Å². The second-order valence-corrected chi connectivity index (χ2v) is 5.26. The van der Waals surface area contributed by atoms with Gasteiger partial charge in [-0.2, -0.15) is 0 Å². The van der Waals surface area contributed by atoms with Gasteiger partial charge in [-0.1, -0.05) is 41.0 Å². The van der Waals surface area contributed by atoms with Gasteiger partial charge in [0.1, 0.15) is 5.82 Å². The van der Waals surface area contributed by atoms with E-state index in [2.05, 4.69) is 0 Å². The van der Waals surface area contributed by atoms with Crippen LogP contribution in [0.15, 0.2) is 46.2 Å². The lowest BCUT2D eigenvalue weighted by molar-refractivity contribution is 0.629. The van der Waals surface area contributed by atoms with Crippen molar-refractivity contribution < 1.29 is 4.39 Å². The third kappa shape index (κ3) is 2.86. The average Bonchev–Trinajstić information content (AvgIpc) is 2.30. The maximum absolute atomic E-state index is 13.2. The summed E-state index contributed by atoms with van der Waals surface area (Å²) < 4.78 is 13.2. The Morgan fingerprint density at radius 3 is 2.53 bits per heavy atom. The van der Waals surface area contributed by atoms with Crippen LogP contribution in [0.1, 0.15) is 0 Å². The molecule has 1 nitrogen and oxygen atoms in total. The van der Waals surface area contributed by atoms with Crippen LogP contribution >= 0.6 is 35.0 Å². The Morgan fingerprint density at radius 1 is 1.06 bits per heavy atom. The second kappa shape index (κ2) is 5.17. The van der Waals surface area contributed by atoms with Gasteiger partial charge in [0.25, 0.3) is 0 Å². The normalized spacial score (nSPS) is 10.5. The number of nitrogen functional groups attached to an aromatic ring is 1. The van der Waals surface area contributed by atoms with E-state index in [0.717, 1.165) is 4.90 Å². The Labute approximate surface area is 113 Å². The molecule has 0 saturated carbocycles. The summed E-state index contributed by atoms with van der Waals surface area (Å²) in [5.41, 5.74) is 5.79. The van der Waals surface area contributed by atoms with Crippen LogP contribution in [-0.2, 0) is 0 Å². The van der Waals surface area contributed by atoms with Crippen LogP contribution in [0.3, 0.4) is 0 Å². The van der Waals surface area contributed by atoms with Crippen LogP contribution in [0.25, 0.3) is 0 Å². The zero-order valence-electron chi connectivity index (χ0n) is 8.58. The Hall–Kier alpha value is -0.900. The highest BCUT2D eigenvalue weighted by Crippen LogP contribution is 2.35. The lowest BCUT2D eigenvalue weighted by Crippen LogP contribution is -1.92. The average molecular weight is 288 g/mol. The number of nitrogens with two attached hydrogens (primary N) is 1. The van der Waals surface area contributed by atoms with Crippen LogP contribution in [0.5, 0.6) is 0 Å². The SMILES string of the molecule is Nc1c(F)cccc1Sc1ccc(Cl)c(Cl)c1. The van der Waals surface area contributed by atoms with Crippen molar-refractivity contribution in [1.29, 1.82) is 0 Å². The van der Waals surface area contributed by atoms with Crippen molar-refractivity contribution in [2.45, 2.75) is 9.79 Å². The van der Waals surface area contributed by atoms with Crippen LogP contribution in [0.2, 0.25) is 10.0 Å². The van der Waals surface area contributed by atoms with Gasteiger partial charge in [-0.05, 0) is 30.3 Å². The summed E-state index contributed by atoms with van der Waals surface area (Å²) in [7, 11) is 0. The number of benzene rings is 2. The molecule has 0 aliphatic carbocycles. The highest BCUT2D eigenvalue weighted by molar-refractivity contribution is 7.99. The molecule has 0 aliphatic rings. The van der Waals surface area contributed by atoms with Gasteiger partial charge in [-0.25, -0.2) is 4.39 Å². The van der Waals surface area contributed by atoms with Crippen molar-refractivity contribution in [3.8, 4) is 0 Å². The first-order chi connectivity index (χ1) is 8.08. The molecule has 0 aromatic heterocycles. The van der Waals surface area contributed by atoms with Gasteiger partial charge in [0.15, 0.2) is 0 Å². The van der Waals surface area contributed by atoms with E-state index < -0.39 is 5.82 Å². The third-order valence-electron chi connectivity index (χ3n) is 2.13. The van der Waals surface area contributed by atoms with Crippen LogP contribution in [-0.4, -0.2) is 0 Å². The summed E-state index contributed by atoms with van der Waals surface area (Å²) in [6.45, 7) is 0. The van der Waals surface area contributed by atoms with Gasteiger partial charge in [-0.15, -0.1) is 0 Å². The number of para-hydroxylation sites is 1. The molecule has 0 fully saturated rings. The molecule has 0 amide bonds. The first-order valence-corrected chi connectivity index (χ1v) is 6.32. The van der Waals surface area contributed by atoms with Gasteiger partial charge < -0.3 is 5.73 Å². The number of hydrogen-bond acceptors (Lipinski definition) is 2. The standard InChI is InChI=1S/C12H8Cl2FNS/c13-8-5-4-7(6-9(8)14)17-11-3-1-2-10(15)12(11)16/h1-6H,16H2.